The highest BCUT2D eigenvalue weighted by molar-refractivity contribution is 5.97. The van der Waals surface area contributed by atoms with Gasteiger partial charge in [-0.25, -0.2) is 0 Å². The molecule has 164 valence electrons. The van der Waals surface area contributed by atoms with Crippen LogP contribution >= 0.6 is 0 Å². The Balaban J connectivity index is 2.31. The summed E-state index contributed by atoms with van der Waals surface area (Å²) < 4.78 is 0. The predicted molar refractivity (Wildman–Crippen MR) is 110 cm³/mol. The summed E-state index contributed by atoms with van der Waals surface area (Å²) in [5, 5.41) is 12.4. The zero-order valence-corrected chi connectivity index (χ0v) is 17.4. The third-order valence-electron chi connectivity index (χ3n) is 3.96. The van der Waals surface area contributed by atoms with Crippen LogP contribution in [-0.4, -0.2) is 61.3 Å². The lowest BCUT2D eigenvalue weighted by molar-refractivity contribution is -0.131. The van der Waals surface area contributed by atoms with Crippen LogP contribution in [0, 0.1) is 0 Å². The van der Waals surface area contributed by atoms with Gasteiger partial charge in [-0.05, 0) is 32.4 Å². The van der Waals surface area contributed by atoms with Crippen molar-refractivity contribution in [1.29, 1.82) is 0 Å². The highest BCUT2D eigenvalue weighted by atomic mass is 16.2. The molecule has 2 atom stereocenters. The second kappa shape index (κ2) is 12.9. The molecule has 0 aliphatic carbocycles. The molecule has 0 aliphatic heterocycles. The summed E-state index contributed by atoms with van der Waals surface area (Å²) in [6, 6.07) is 6.76. The molecule has 1 aromatic carbocycles. The lowest BCUT2D eigenvalue weighted by atomic mass is 10.2. The predicted octanol–water partition coefficient (Wildman–Crippen LogP) is -0.932. The van der Waals surface area contributed by atoms with E-state index in [2.05, 4.69) is 26.6 Å². The maximum Gasteiger partial charge on any atom is 0.251 e. The van der Waals surface area contributed by atoms with E-state index in [9.17, 15) is 24.0 Å². The highest BCUT2D eigenvalue weighted by Gasteiger charge is 2.19. The number of hydrogen-bond acceptors (Lipinski definition) is 5. The van der Waals surface area contributed by atoms with E-state index in [4.69, 9.17) is 0 Å². The second-order valence-electron chi connectivity index (χ2n) is 6.64. The van der Waals surface area contributed by atoms with Gasteiger partial charge in [-0.1, -0.05) is 25.1 Å². The molecule has 0 heterocycles. The molecule has 5 amide bonds. The number of nitrogens with one attached hydrogen (secondary N) is 5. The first-order valence-electron chi connectivity index (χ1n) is 9.72. The van der Waals surface area contributed by atoms with E-state index in [1.54, 1.807) is 30.3 Å². The van der Waals surface area contributed by atoms with E-state index >= 15 is 0 Å². The van der Waals surface area contributed by atoms with Crippen LogP contribution in [0.4, 0.5) is 0 Å². The molecular formula is C20H29N5O5. The third kappa shape index (κ3) is 9.18. The minimum atomic E-state index is -0.913. The number of benzene rings is 1. The van der Waals surface area contributed by atoms with E-state index in [1.165, 1.54) is 13.8 Å². The highest BCUT2D eigenvalue weighted by Crippen LogP contribution is 1.97. The smallest absolute Gasteiger partial charge is 0.251 e. The quantitative estimate of drug-likeness (QED) is 0.315. The Morgan fingerprint density at radius 2 is 1.27 bits per heavy atom. The summed E-state index contributed by atoms with van der Waals surface area (Å²) in [5.74, 6) is -2.37. The third-order valence-corrected chi connectivity index (χ3v) is 3.96. The van der Waals surface area contributed by atoms with Crippen LogP contribution in [0.15, 0.2) is 30.3 Å². The molecule has 0 saturated heterocycles. The Hall–Kier alpha value is -3.43. The second-order valence-corrected chi connectivity index (χ2v) is 6.64. The lowest BCUT2D eigenvalue weighted by Gasteiger charge is -2.16. The summed E-state index contributed by atoms with van der Waals surface area (Å²) in [6.07, 6.45) is 0.780. The molecule has 0 spiro atoms. The maximum atomic E-state index is 12.0. The Morgan fingerprint density at radius 3 is 1.80 bits per heavy atom. The number of rotatable bonds is 11. The van der Waals surface area contributed by atoms with Crippen LogP contribution in [-0.2, 0) is 19.2 Å². The number of carbonyl (C=O) groups is 5. The largest absolute Gasteiger partial charge is 0.354 e. The van der Waals surface area contributed by atoms with E-state index in [0.717, 1.165) is 6.42 Å². The van der Waals surface area contributed by atoms with Crippen molar-refractivity contribution < 1.29 is 24.0 Å². The average molecular weight is 419 g/mol. The fraction of sp³-hybridized carbons (Fsp3) is 0.450. The zero-order valence-electron chi connectivity index (χ0n) is 17.4. The van der Waals surface area contributed by atoms with Gasteiger partial charge in [0.05, 0.1) is 13.1 Å². The Kier molecular flexibility index (Phi) is 10.6. The summed E-state index contributed by atoms with van der Waals surface area (Å²) >= 11 is 0. The van der Waals surface area contributed by atoms with E-state index < -0.39 is 35.7 Å². The number of amides is 5. The van der Waals surface area contributed by atoms with Gasteiger partial charge in [0.15, 0.2) is 0 Å². The van der Waals surface area contributed by atoms with Gasteiger partial charge >= 0.3 is 0 Å². The van der Waals surface area contributed by atoms with Gasteiger partial charge in [0.1, 0.15) is 12.1 Å². The fourth-order valence-corrected chi connectivity index (χ4v) is 2.29. The fourth-order valence-electron chi connectivity index (χ4n) is 2.29. The van der Waals surface area contributed by atoms with Crippen LogP contribution in [0.5, 0.6) is 0 Å². The van der Waals surface area contributed by atoms with Crippen molar-refractivity contribution in [3.8, 4) is 0 Å². The van der Waals surface area contributed by atoms with Crippen LogP contribution in [0.2, 0.25) is 0 Å². The van der Waals surface area contributed by atoms with Gasteiger partial charge in [-0.2, -0.15) is 0 Å². The minimum absolute atomic E-state index is 0.295. The van der Waals surface area contributed by atoms with Crippen molar-refractivity contribution in [2.45, 2.75) is 39.3 Å². The van der Waals surface area contributed by atoms with Crippen molar-refractivity contribution in [1.82, 2.24) is 26.6 Å². The molecular weight excluding hydrogens is 390 g/mol. The molecule has 5 N–H and O–H groups in total. The molecule has 10 heteroatoms. The standard InChI is InChI=1S/C20H29N5O5/c1-4-10-21-18(28)13(2)24-16(26)11-22-19(29)14(3)25-17(27)12-23-20(30)15-8-6-5-7-9-15/h5-9,13-14H,4,10-12H2,1-3H3,(H,21,28)(H,22,29)(H,23,30)(H,24,26)(H,25,27)/t13-,14-/m0/s1. The molecule has 30 heavy (non-hydrogen) atoms. The molecule has 0 fully saturated rings. The molecule has 0 radical (unpaired) electrons. The van der Waals surface area contributed by atoms with E-state index in [0.29, 0.717) is 12.1 Å². The average Bonchev–Trinajstić information content (AvgIpc) is 2.74. The topological polar surface area (TPSA) is 146 Å². The van der Waals surface area contributed by atoms with Crippen LogP contribution in [0.25, 0.3) is 0 Å². The Bertz CT molecular complexity index is 753. The molecule has 0 saturated carbocycles. The molecule has 10 nitrogen and oxygen atoms in total. The molecule has 0 unspecified atom stereocenters. The van der Waals surface area contributed by atoms with Crippen molar-refractivity contribution in [2.24, 2.45) is 0 Å². The van der Waals surface area contributed by atoms with Crippen LogP contribution in [0.1, 0.15) is 37.6 Å². The van der Waals surface area contributed by atoms with Gasteiger partial charge in [0.2, 0.25) is 23.6 Å². The summed E-state index contributed by atoms with van der Waals surface area (Å²) in [6.45, 7) is 4.78. The Morgan fingerprint density at radius 1 is 0.767 bits per heavy atom. The van der Waals surface area contributed by atoms with Gasteiger partial charge in [-0.3, -0.25) is 24.0 Å². The summed E-state index contributed by atoms with van der Waals surface area (Å²) in [7, 11) is 0. The number of hydrogen-bond donors (Lipinski definition) is 5. The monoisotopic (exact) mass is 419 g/mol. The van der Waals surface area contributed by atoms with Gasteiger partial charge in [0.25, 0.3) is 5.91 Å². The first-order chi connectivity index (χ1) is 14.2. The molecule has 0 bridgehead atoms. The first-order valence-corrected chi connectivity index (χ1v) is 9.72. The maximum absolute atomic E-state index is 12.0. The lowest BCUT2D eigenvalue weighted by Crippen LogP contribution is -2.51. The Labute approximate surface area is 175 Å². The van der Waals surface area contributed by atoms with Gasteiger partial charge < -0.3 is 26.6 Å². The van der Waals surface area contributed by atoms with Crippen molar-refractivity contribution in [3.05, 3.63) is 35.9 Å². The van der Waals surface area contributed by atoms with Crippen LogP contribution < -0.4 is 26.6 Å². The molecule has 1 aromatic rings. The zero-order chi connectivity index (χ0) is 22.5. The minimum Gasteiger partial charge on any atom is -0.354 e. The van der Waals surface area contributed by atoms with E-state index in [1.807, 2.05) is 6.92 Å². The normalized spacial score (nSPS) is 12.1. The summed E-state index contributed by atoms with van der Waals surface area (Å²) in [4.78, 5) is 59.4. The summed E-state index contributed by atoms with van der Waals surface area (Å²) in [5.41, 5.74) is 0.416. The van der Waals surface area contributed by atoms with Crippen molar-refractivity contribution in [3.63, 3.8) is 0 Å². The van der Waals surface area contributed by atoms with Gasteiger partial charge in [-0.15, -0.1) is 0 Å². The van der Waals surface area contributed by atoms with E-state index in [-0.39, 0.29) is 19.0 Å². The van der Waals surface area contributed by atoms with Gasteiger partial charge in [0, 0.05) is 12.1 Å². The van der Waals surface area contributed by atoms with Crippen molar-refractivity contribution >= 4 is 29.5 Å². The SMILES string of the molecule is CCCNC(=O)[C@H](C)NC(=O)CNC(=O)[C@H](C)NC(=O)CNC(=O)c1ccccc1. The van der Waals surface area contributed by atoms with Crippen LogP contribution in [0.3, 0.4) is 0 Å². The first kappa shape index (κ1) is 24.6. The molecule has 0 aliphatic rings. The molecule has 0 aromatic heterocycles. The van der Waals surface area contributed by atoms with Crippen molar-refractivity contribution in [2.75, 3.05) is 19.6 Å². The number of carbonyl (C=O) groups excluding carboxylic acids is 5. The molecule has 1 rings (SSSR count).